The minimum absolute atomic E-state index is 0.722. The Morgan fingerprint density at radius 2 is 1.93 bits per heavy atom. The first-order valence-corrected chi connectivity index (χ1v) is 10.4. The lowest BCUT2D eigenvalue weighted by Gasteiger charge is -2.36. The van der Waals surface area contributed by atoms with Gasteiger partial charge in [0.1, 0.15) is 5.01 Å². The highest BCUT2D eigenvalue weighted by molar-refractivity contribution is 7.11. The van der Waals surface area contributed by atoms with Gasteiger partial charge in [0, 0.05) is 56.5 Å². The number of benzene rings is 1. The number of hydrogen-bond acceptors (Lipinski definition) is 5. The van der Waals surface area contributed by atoms with Crippen LogP contribution in [0.5, 0.6) is 0 Å². The van der Waals surface area contributed by atoms with Crippen LogP contribution in [0.2, 0.25) is 0 Å². The smallest absolute Gasteiger partial charge is 0.191 e. The molecule has 1 aliphatic heterocycles. The third-order valence-electron chi connectivity index (χ3n) is 4.74. The molecular formula is C20H30N6S. The average Bonchev–Trinajstić information content (AvgIpc) is 3.14. The van der Waals surface area contributed by atoms with Crippen molar-refractivity contribution in [1.29, 1.82) is 0 Å². The summed E-state index contributed by atoms with van der Waals surface area (Å²) in [4.78, 5) is 14.9. The molecule has 0 bridgehead atoms. The molecule has 7 heteroatoms. The fraction of sp³-hybridized carbons (Fsp3) is 0.500. The monoisotopic (exact) mass is 386 g/mol. The zero-order valence-electron chi connectivity index (χ0n) is 16.3. The Labute approximate surface area is 166 Å². The van der Waals surface area contributed by atoms with Gasteiger partial charge < -0.3 is 15.5 Å². The van der Waals surface area contributed by atoms with Gasteiger partial charge in [-0.2, -0.15) is 0 Å². The predicted molar refractivity (Wildman–Crippen MR) is 115 cm³/mol. The molecule has 0 aliphatic carbocycles. The van der Waals surface area contributed by atoms with Crippen molar-refractivity contribution < 1.29 is 0 Å². The molecule has 0 radical (unpaired) electrons. The second kappa shape index (κ2) is 10.3. The molecule has 1 aliphatic rings. The number of para-hydroxylation sites is 1. The van der Waals surface area contributed by atoms with Crippen molar-refractivity contribution in [3.63, 3.8) is 0 Å². The number of aryl methyl sites for hydroxylation is 1. The van der Waals surface area contributed by atoms with E-state index in [0.29, 0.717) is 0 Å². The Bertz CT molecular complexity index is 706. The van der Waals surface area contributed by atoms with E-state index in [2.05, 4.69) is 67.7 Å². The van der Waals surface area contributed by atoms with Gasteiger partial charge in [0.05, 0.1) is 6.54 Å². The summed E-state index contributed by atoms with van der Waals surface area (Å²) in [7, 11) is 1.81. The highest BCUT2D eigenvalue weighted by Gasteiger charge is 2.16. The number of rotatable bonds is 7. The highest BCUT2D eigenvalue weighted by Crippen LogP contribution is 2.15. The molecular weight excluding hydrogens is 356 g/mol. The predicted octanol–water partition coefficient (Wildman–Crippen LogP) is 2.33. The van der Waals surface area contributed by atoms with Gasteiger partial charge in [0.15, 0.2) is 5.96 Å². The van der Waals surface area contributed by atoms with Gasteiger partial charge in [-0.1, -0.05) is 18.2 Å². The van der Waals surface area contributed by atoms with Crippen molar-refractivity contribution in [2.24, 2.45) is 4.99 Å². The molecule has 0 saturated carbocycles. The van der Waals surface area contributed by atoms with Crippen LogP contribution >= 0.6 is 11.3 Å². The van der Waals surface area contributed by atoms with Crippen LogP contribution in [0, 0.1) is 6.92 Å². The minimum Gasteiger partial charge on any atom is -0.369 e. The van der Waals surface area contributed by atoms with Gasteiger partial charge in [-0.05, 0) is 32.0 Å². The number of guanidine groups is 1. The normalized spacial score (nSPS) is 15.8. The van der Waals surface area contributed by atoms with Crippen LogP contribution in [0.4, 0.5) is 5.69 Å². The zero-order chi connectivity index (χ0) is 18.9. The van der Waals surface area contributed by atoms with E-state index in [1.54, 1.807) is 11.3 Å². The first kappa shape index (κ1) is 19.6. The second-order valence-corrected chi connectivity index (χ2v) is 8.05. The lowest BCUT2D eigenvalue weighted by Crippen LogP contribution is -2.47. The highest BCUT2D eigenvalue weighted by atomic mass is 32.1. The van der Waals surface area contributed by atoms with Crippen molar-refractivity contribution in [1.82, 2.24) is 20.5 Å². The summed E-state index contributed by atoms with van der Waals surface area (Å²) in [5, 5.41) is 7.82. The van der Waals surface area contributed by atoms with E-state index < -0.39 is 0 Å². The number of nitrogens with one attached hydrogen (secondary N) is 2. The van der Waals surface area contributed by atoms with E-state index >= 15 is 0 Å². The fourth-order valence-corrected chi connectivity index (χ4v) is 3.97. The average molecular weight is 387 g/mol. The van der Waals surface area contributed by atoms with Gasteiger partial charge >= 0.3 is 0 Å². The third kappa shape index (κ3) is 6.22. The number of aromatic nitrogens is 1. The van der Waals surface area contributed by atoms with Crippen LogP contribution in [-0.2, 0) is 6.54 Å². The van der Waals surface area contributed by atoms with Crippen LogP contribution in [0.15, 0.2) is 41.5 Å². The van der Waals surface area contributed by atoms with Crippen molar-refractivity contribution >= 4 is 23.0 Å². The van der Waals surface area contributed by atoms with E-state index in [4.69, 9.17) is 0 Å². The number of nitrogens with zero attached hydrogens (tertiary/aromatic N) is 4. The summed E-state index contributed by atoms with van der Waals surface area (Å²) in [6.07, 6.45) is 3.03. The lowest BCUT2D eigenvalue weighted by molar-refractivity contribution is 0.255. The Kier molecular flexibility index (Phi) is 7.47. The molecule has 27 heavy (non-hydrogen) atoms. The Morgan fingerprint density at radius 3 is 2.59 bits per heavy atom. The summed E-state index contributed by atoms with van der Waals surface area (Å²) in [5.74, 6) is 0.844. The van der Waals surface area contributed by atoms with E-state index in [9.17, 15) is 0 Å². The number of anilines is 1. The standard InChI is InChI=1S/C20H30N6S/c1-17-15-23-19(27-17)16-24-20(21-2)22-9-6-10-25-11-13-26(14-12-25)18-7-4-3-5-8-18/h3-5,7-8,15H,6,9-14,16H2,1-2H3,(H2,21,22,24). The number of hydrogen-bond donors (Lipinski definition) is 2. The minimum atomic E-state index is 0.722. The van der Waals surface area contributed by atoms with Crippen LogP contribution in [-0.4, -0.2) is 62.2 Å². The molecule has 2 aromatic rings. The summed E-state index contributed by atoms with van der Waals surface area (Å²) >= 11 is 1.72. The first-order chi connectivity index (χ1) is 13.2. The second-order valence-electron chi connectivity index (χ2n) is 6.73. The maximum Gasteiger partial charge on any atom is 0.191 e. The number of thiazole rings is 1. The molecule has 6 nitrogen and oxygen atoms in total. The molecule has 146 valence electrons. The molecule has 2 heterocycles. The Balaban J connectivity index is 1.29. The number of aliphatic imine (C=N–C) groups is 1. The van der Waals surface area contributed by atoms with Gasteiger partial charge in [-0.3, -0.25) is 9.89 Å². The number of piperazine rings is 1. The largest absolute Gasteiger partial charge is 0.369 e. The van der Waals surface area contributed by atoms with Gasteiger partial charge in [0.2, 0.25) is 0 Å². The SMILES string of the molecule is CN=C(NCCCN1CCN(c2ccccc2)CC1)NCc1ncc(C)s1. The molecule has 1 fully saturated rings. The van der Waals surface area contributed by atoms with Crippen LogP contribution in [0.1, 0.15) is 16.3 Å². The quantitative estimate of drug-likeness (QED) is 0.435. The van der Waals surface area contributed by atoms with E-state index in [0.717, 1.165) is 63.2 Å². The maximum absolute atomic E-state index is 4.37. The summed E-state index contributed by atoms with van der Waals surface area (Å²) in [6, 6.07) is 10.7. The molecule has 2 N–H and O–H groups in total. The molecule has 1 saturated heterocycles. The first-order valence-electron chi connectivity index (χ1n) is 9.63. The van der Waals surface area contributed by atoms with Crippen molar-refractivity contribution in [2.45, 2.75) is 19.9 Å². The van der Waals surface area contributed by atoms with Crippen molar-refractivity contribution in [3.8, 4) is 0 Å². The lowest BCUT2D eigenvalue weighted by atomic mass is 10.2. The van der Waals surface area contributed by atoms with Crippen molar-refractivity contribution in [3.05, 3.63) is 46.4 Å². The van der Waals surface area contributed by atoms with Crippen LogP contribution < -0.4 is 15.5 Å². The molecule has 0 atom stereocenters. The Hall–Kier alpha value is -2.12. The van der Waals surface area contributed by atoms with E-state index in [1.165, 1.54) is 10.6 Å². The summed E-state index contributed by atoms with van der Waals surface area (Å²) < 4.78 is 0. The zero-order valence-corrected chi connectivity index (χ0v) is 17.1. The maximum atomic E-state index is 4.37. The third-order valence-corrected chi connectivity index (χ3v) is 5.65. The molecule has 1 aromatic carbocycles. The van der Waals surface area contributed by atoms with Crippen LogP contribution in [0.25, 0.3) is 0 Å². The molecule has 1 aromatic heterocycles. The molecule has 3 rings (SSSR count). The van der Waals surface area contributed by atoms with Gasteiger partial charge in [-0.15, -0.1) is 11.3 Å². The van der Waals surface area contributed by atoms with Crippen LogP contribution in [0.3, 0.4) is 0 Å². The van der Waals surface area contributed by atoms with Gasteiger partial charge in [-0.25, -0.2) is 4.98 Å². The topological polar surface area (TPSA) is 55.8 Å². The van der Waals surface area contributed by atoms with Crippen molar-refractivity contribution in [2.75, 3.05) is 51.2 Å². The Morgan fingerprint density at radius 1 is 1.15 bits per heavy atom. The molecule has 0 spiro atoms. The molecule has 0 amide bonds. The fourth-order valence-electron chi connectivity index (χ4n) is 3.24. The van der Waals surface area contributed by atoms with Gasteiger partial charge in [0.25, 0.3) is 0 Å². The summed E-state index contributed by atoms with van der Waals surface area (Å²) in [6.45, 7) is 9.32. The van der Waals surface area contributed by atoms with E-state index in [-0.39, 0.29) is 0 Å². The molecule has 0 unspecified atom stereocenters. The summed E-state index contributed by atoms with van der Waals surface area (Å²) in [5.41, 5.74) is 1.34. The van der Waals surface area contributed by atoms with E-state index in [1.807, 2.05) is 13.2 Å².